The van der Waals surface area contributed by atoms with Crippen LogP contribution in [0.4, 0.5) is 0 Å². The van der Waals surface area contributed by atoms with Crippen molar-refractivity contribution in [2.45, 2.75) is 27.7 Å². The normalized spacial score (nSPS) is 27.4. The van der Waals surface area contributed by atoms with Crippen LogP contribution in [-0.4, -0.2) is 5.78 Å². The van der Waals surface area contributed by atoms with Gasteiger partial charge in [-0.25, -0.2) is 0 Å². The van der Waals surface area contributed by atoms with Crippen LogP contribution in [-0.2, 0) is 4.79 Å². The Balaban J connectivity index is 3.00. The van der Waals surface area contributed by atoms with Gasteiger partial charge in [-0.2, -0.15) is 0 Å². The number of carbonyl (C=O) groups excluding carboxylic acids is 1. The first-order valence-corrected chi connectivity index (χ1v) is 3.61. The van der Waals surface area contributed by atoms with Gasteiger partial charge in [0, 0.05) is 10.8 Å². The number of rotatable bonds is 0. The zero-order valence-electron chi connectivity index (χ0n) is 7.06. The van der Waals surface area contributed by atoms with Crippen molar-refractivity contribution in [2.75, 3.05) is 0 Å². The van der Waals surface area contributed by atoms with Gasteiger partial charge in [0.2, 0.25) is 0 Å². The van der Waals surface area contributed by atoms with Crippen LogP contribution in [0.15, 0.2) is 12.2 Å². The lowest BCUT2D eigenvalue weighted by molar-refractivity contribution is -0.129. The number of Topliss-reactive ketones (excluding diaryl/α,β-unsaturated/α-hetero) is 1. The van der Waals surface area contributed by atoms with Gasteiger partial charge in [0.05, 0.1) is 0 Å². The molecular weight excluding hydrogens is 124 g/mol. The van der Waals surface area contributed by atoms with Crippen molar-refractivity contribution in [2.24, 2.45) is 10.8 Å². The SMILES string of the molecule is CC1(C)C=CC(C)(C)C1=O. The Bertz CT molecular complexity index is 177. The highest BCUT2D eigenvalue weighted by Gasteiger charge is 2.40. The van der Waals surface area contributed by atoms with Crippen molar-refractivity contribution in [1.82, 2.24) is 0 Å². The minimum absolute atomic E-state index is 0.233. The van der Waals surface area contributed by atoms with E-state index < -0.39 is 0 Å². The van der Waals surface area contributed by atoms with Gasteiger partial charge in [0.1, 0.15) is 0 Å². The summed E-state index contributed by atoms with van der Waals surface area (Å²) in [5.74, 6) is 0.319. The maximum absolute atomic E-state index is 11.5. The molecule has 56 valence electrons. The van der Waals surface area contributed by atoms with Gasteiger partial charge < -0.3 is 0 Å². The lowest BCUT2D eigenvalue weighted by Gasteiger charge is -2.20. The van der Waals surface area contributed by atoms with Gasteiger partial charge >= 0.3 is 0 Å². The Kier molecular flexibility index (Phi) is 1.29. The van der Waals surface area contributed by atoms with E-state index in [2.05, 4.69) is 0 Å². The van der Waals surface area contributed by atoms with Crippen LogP contribution in [0.3, 0.4) is 0 Å². The molecule has 0 radical (unpaired) electrons. The van der Waals surface area contributed by atoms with Crippen LogP contribution >= 0.6 is 0 Å². The summed E-state index contributed by atoms with van der Waals surface area (Å²) in [5, 5.41) is 0. The van der Waals surface area contributed by atoms with E-state index in [1.165, 1.54) is 0 Å². The fourth-order valence-corrected chi connectivity index (χ4v) is 1.40. The number of carbonyl (C=O) groups is 1. The van der Waals surface area contributed by atoms with Crippen LogP contribution in [0.1, 0.15) is 27.7 Å². The highest BCUT2D eigenvalue weighted by atomic mass is 16.1. The molecule has 0 aromatic heterocycles. The molecule has 0 N–H and O–H groups in total. The summed E-state index contributed by atoms with van der Waals surface area (Å²) in [7, 11) is 0. The van der Waals surface area contributed by atoms with Gasteiger partial charge in [-0.05, 0) is 27.7 Å². The fourth-order valence-electron chi connectivity index (χ4n) is 1.40. The Morgan fingerprint density at radius 2 is 1.30 bits per heavy atom. The summed E-state index contributed by atoms with van der Waals surface area (Å²) in [6.07, 6.45) is 3.99. The lowest BCUT2D eigenvalue weighted by atomic mass is 9.81. The number of allylic oxidation sites excluding steroid dienone is 2. The van der Waals surface area contributed by atoms with E-state index in [0.717, 1.165) is 0 Å². The monoisotopic (exact) mass is 138 g/mol. The molecule has 1 heteroatoms. The van der Waals surface area contributed by atoms with Crippen LogP contribution < -0.4 is 0 Å². The summed E-state index contributed by atoms with van der Waals surface area (Å²) < 4.78 is 0. The predicted molar refractivity (Wildman–Crippen MR) is 41.7 cm³/mol. The molecule has 0 bridgehead atoms. The molecule has 0 fully saturated rings. The minimum Gasteiger partial charge on any atom is -0.298 e. The van der Waals surface area contributed by atoms with Crippen molar-refractivity contribution in [1.29, 1.82) is 0 Å². The Morgan fingerprint density at radius 3 is 1.40 bits per heavy atom. The third-order valence-corrected chi connectivity index (χ3v) is 2.09. The Labute approximate surface area is 62.1 Å². The third kappa shape index (κ3) is 0.898. The standard InChI is InChI=1S/C9H14O/c1-8(2)5-6-9(3,4)7(8)10/h5-6H,1-4H3. The van der Waals surface area contributed by atoms with E-state index in [9.17, 15) is 4.79 Å². The first-order valence-electron chi connectivity index (χ1n) is 3.61. The zero-order valence-corrected chi connectivity index (χ0v) is 7.06. The van der Waals surface area contributed by atoms with E-state index >= 15 is 0 Å². The van der Waals surface area contributed by atoms with E-state index in [1.54, 1.807) is 0 Å². The fraction of sp³-hybridized carbons (Fsp3) is 0.667. The van der Waals surface area contributed by atoms with Crippen LogP contribution in [0, 0.1) is 10.8 Å². The Hall–Kier alpha value is -0.590. The van der Waals surface area contributed by atoms with E-state index in [-0.39, 0.29) is 10.8 Å². The molecule has 0 amide bonds. The molecule has 0 saturated carbocycles. The average Bonchev–Trinajstić information content (AvgIpc) is 1.95. The minimum atomic E-state index is -0.233. The van der Waals surface area contributed by atoms with Gasteiger partial charge in [-0.1, -0.05) is 12.2 Å². The molecule has 1 aliphatic carbocycles. The molecular formula is C9H14O. The number of hydrogen-bond donors (Lipinski definition) is 0. The maximum atomic E-state index is 11.5. The zero-order chi connectivity index (χ0) is 7.99. The van der Waals surface area contributed by atoms with Crippen LogP contribution in [0.25, 0.3) is 0 Å². The van der Waals surface area contributed by atoms with Gasteiger partial charge in [0.15, 0.2) is 5.78 Å². The van der Waals surface area contributed by atoms with Gasteiger partial charge in [-0.3, -0.25) is 4.79 Å². The van der Waals surface area contributed by atoms with Crippen molar-refractivity contribution in [3.63, 3.8) is 0 Å². The molecule has 0 aromatic rings. The second kappa shape index (κ2) is 1.71. The Morgan fingerprint density at radius 1 is 1.00 bits per heavy atom. The van der Waals surface area contributed by atoms with E-state index in [1.807, 2.05) is 39.8 Å². The second-order valence-corrected chi connectivity index (χ2v) is 4.11. The molecule has 0 atom stereocenters. The van der Waals surface area contributed by atoms with Crippen LogP contribution in [0.5, 0.6) is 0 Å². The summed E-state index contributed by atoms with van der Waals surface area (Å²) in [5.41, 5.74) is -0.465. The first-order chi connectivity index (χ1) is 4.36. The molecule has 1 nitrogen and oxygen atoms in total. The predicted octanol–water partition coefficient (Wildman–Crippen LogP) is 2.18. The van der Waals surface area contributed by atoms with Gasteiger partial charge in [-0.15, -0.1) is 0 Å². The summed E-state index contributed by atoms with van der Waals surface area (Å²) in [6.45, 7) is 7.84. The van der Waals surface area contributed by atoms with E-state index in [4.69, 9.17) is 0 Å². The molecule has 1 rings (SSSR count). The molecule has 0 aromatic carbocycles. The summed E-state index contributed by atoms with van der Waals surface area (Å²) >= 11 is 0. The second-order valence-electron chi connectivity index (χ2n) is 4.11. The van der Waals surface area contributed by atoms with E-state index in [0.29, 0.717) is 5.78 Å². The topological polar surface area (TPSA) is 17.1 Å². The smallest absolute Gasteiger partial charge is 0.151 e. The largest absolute Gasteiger partial charge is 0.298 e. The molecule has 0 saturated heterocycles. The molecule has 10 heavy (non-hydrogen) atoms. The molecule has 0 heterocycles. The summed E-state index contributed by atoms with van der Waals surface area (Å²) in [4.78, 5) is 11.5. The van der Waals surface area contributed by atoms with Crippen molar-refractivity contribution >= 4 is 5.78 Å². The van der Waals surface area contributed by atoms with Crippen molar-refractivity contribution < 1.29 is 4.79 Å². The molecule has 0 spiro atoms. The maximum Gasteiger partial charge on any atom is 0.151 e. The first kappa shape index (κ1) is 7.52. The molecule has 0 aliphatic heterocycles. The van der Waals surface area contributed by atoms with Gasteiger partial charge in [0.25, 0.3) is 0 Å². The average molecular weight is 138 g/mol. The van der Waals surface area contributed by atoms with Crippen molar-refractivity contribution in [3.8, 4) is 0 Å². The highest BCUT2D eigenvalue weighted by molar-refractivity contribution is 5.95. The number of ketones is 1. The highest BCUT2D eigenvalue weighted by Crippen LogP contribution is 2.38. The summed E-state index contributed by atoms with van der Waals surface area (Å²) in [6, 6.07) is 0. The van der Waals surface area contributed by atoms with Crippen LogP contribution in [0.2, 0.25) is 0 Å². The van der Waals surface area contributed by atoms with Crippen molar-refractivity contribution in [3.05, 3.63) is 12.2 Å². The molecule has 1 aliphatic rings. The quantitative estimate of drug-likeness (QED) is 0.469. The lowest BCUT2D eigenvalue weighted by Crippen LogP contribution is -2.28. The third-order valence-electron chi connectivity index (χ3n) is 2.09. The number of hydrogen-bond acceptors (Lipinski definition) is 1. The molecule has 0 unspecified atom stereocenters.